The summed E-state index contributed by atoms with van der Waals surface area (Å²) in [5.74, 6) is 0.139. The molecule has 0 spiro atoms. The minimum absolute atomic E-state index is 0.00833. The topological polar surface area (TPSA) is 98.4 Å². The van der Waals surface area contributed by atoms with Crippen molar-refractivity contribution >= 4 is 17.9 Å². The highest BCUT2D eigenvalue weighted by molar-refractivity contribution is 5.78. The quantitative estimate of drug-likeness (QED) is 0.617. The van der Waals surface area contributed by atoms with Gasteiger partial charge >= 0.3 is 18.2 Å². The number of carbonyl (C=O) groups is 2. The van der Waals surface area contributed by atoms with Crippen LogP contribution in [-0.4, -0.2) is 49.3 Å². The Kier molecular flexibility index (Phi) is 5.52. The molecular weight excluding hydrogens is 377 g/mol. The second kappa shape index (κ2) is 7.72. The van der Waals surface area contributed by atoms with Crippen molar-refractivity contribution < 1.29 is 22.8 Å². The second-order valence-corrected chi connectivity index (χ2v) is 7.19. The Morgan fingerprint density at radius 2 is 2.04 bits per heavy atom. The smallest absolute Gasteiger partial charge is 0.362 e. The summed E-state index contributed by atoms with van der Waals surface area (Å²) >= 11 is 0. The standard InChI is InChI=1S/C17H23F3N6O2/c1-26(2)14-9(6-7-12(24-14)17(18,19)20)8-21-15(27)22-10-4-3-5-11-13(10)25-16(28)23-11/h6-7,10-11,13H,3-5,8H2,1-2H3,(H2,21,22,27)(H2,23,25,28). The average molecular weight is 400 g/mol. The maximum absolute atomic E-state index is 12.9. The number of urea groups is 2. The molecule has 1 saturated heterocycles. The lowest BCUT2D eigenvalue weighted by Crippen LogP contribution is -2.56. The lowest BCUT2D eigenvalue weighted by atomic mass is 9.87. The van der Waals surface area contributed by atoms with Crippen LogP contribution < -0.4 is 26.2 Å². The van der Waals surface area contributed by atoms with Crippen LogP contribution in [0.1, 0.15) is 30.5 Å². The number of fused-ring (bicyclic) bond motifs is 1. The van der Waals surface area contributed by atoms with E-state index < -0.39 is 17.9 Å². The van der Waals surface area contributed by atoms with Crippen LogP contribution in [0.15, 0.2) is 12.1 Å². The number of aromatic nitrogens is 1. The predicted molar refractivity (Wildman–Crippen MR) is 95.8 cm³/mol. The first kappa shape index (κ1) is 20.0. The fraction of sp³-hybridized carbons (Fsp3) is 0.588. The molecule has 1 aliphatic carbocycles. The fourth-order valence-electron chi connectivity index (χ4n) is 3.64. The van der Waals surface area contributed by atoms with Gasteiger partial charge in [0.15, 0.2) is 0 Å². The molecule has 1 saturated carbocycles. The van der Waals surface area contributed by atoms with Crippen LogP contribution in [0.3, 0.4) is 0 Å². The molecule has 1 aromatic heterocycles. The summed E-state index contributed by atoms with van der Waals surface area (Å²) in [6.07, 6.45) is -2.07. The Labute approximate surface area is 160 Å². The van der Waals surface area contributed by atoms with E-state index in [2.05, 4.69) is 26.3 Å². The van der Waals surface area contributed by atoms with Crippen LogP contribution in [0.2, 0.25) is 0 Å². The van der Waals surface area contributed by atoms with Crippen LogP contribution in [0.25, 0.3) is 0 Å². The first-order valence-corrected chi connectivity index (χ1v) is 9.01. The van der Waals surface area contributed by atoms with Crippen molar-refractivity contribution in [3.63, 3.8) is 0 Å². The maximum Gasteiger partial charge on any atom is 0.433 e. The van der Waals surface area contributed by atoms with Gasteiger partial charge in [-0.2, -0.15) is 13.2 Å². The monoisotopic (exact) mass is 400 g/mol. The van der Waals surface area contributed by atoms with E-state index in [1.807, 2.05) is 0 Å². The molecule has 4 amide bonds. The van der Waals surface area contributed by atoms with E-state index in [0.29, 0.717) is 5.56 Å². The Hall–Kier alpha value is -2.72. The minimum Gasteiger partial charge on any atom is -0.362 e. The van der Waals surface area contributed by atoms with Crippen LogP contribution in [0, 0.1) is 0 Å². The van der Waals surface area contributed by atoms with Crippen LogP contribution in [-0.2, 0) is 12.7 Å². The molecule has 2 heterocycles. The Morgan fingerprint density at radius 3 is 2.71 bits per heavy atom. The van der Waals surface area contributed by atoms with E-state index in [4.69, 9.17) is 0 Å². The number of alkyl halides is 3. The van der Waals surface area contributed by atoms with Gasteiger partial charge in [-0.15, -0.1) is 0 Å². The van der Waals surface area contributed by atoms with Crippen molar-refractivity contribution in [2.45, 2.75) is 50.1 Å². The molecule has 0 radical (unpaired) electrons. The fourth-order valence-corrected chi connectivity index (χ4v) is 3.64. The highest BCUT2D eigenvalue weighted by Crippen LogP contribution is 2.30. The van der Waals surface area contributed by atoms with Gasteiger partial charge < -0.3 is 26.2 Å². The van der Waals surface area contributed by atoms with Crippen molar-refractivity contribution in [2.24, 2.45) is 0 Å². The molecule has 2 fully saturated rings. The molecule has 1 aliphatic heterocycles. The highest BCUT2D eigenvalue weighted by atomic mass is 19.4. The van der Waals surface area contributed by atoms with Gasteiger partial charge in [0.05, 0.1) is 18.1 Å². The number of nitrogens with zero attached hydrogens (tertiary/aromatic N) is 2. The third-order valence-electron chi connectivity index (χ3n) is 4.94. The molecule has 1 aromatic rings. The number of anilines is 1. The Morgan fingerprint density at radius 1 is 1.29 bits per heavy atom. The molecule has 11 heteroatoms. The zero-order valence-electron chi connectivity index (χ0n) is 15.6. The summed E-state index contributed by atoms with van der Waals surface area (Å²) in [5, 5.41) is 11.1. The number of pyridine rings is 1. The normalized spacial score (nSPS) is 24.0. The van der Waals surface area contributed by atoms with E-state index in [-0.39, 0.29) is 36.5 Å². The van der Waals surface area contributed by atoms with Crippen molar-refractivity contribution in [3.05, 3.63) is 23.4 Å². The van der Waals surface area contributed by atoms with Crippen molar-refractivity contribution in [2.75, 3.05) is 19.0 Å². The summed E-state index contributed by atoms with van der Waals surface area (Å²) in [5.41, 5.74) is -0.521. The zero-order chi connectivity index (χ0) is 20.5. The molecule has 28 heavy (non-hydrogen) atoms. The number of hydrogen-bond donors (Lipinski definition) is 4. The number of halogens is 3. The van der Waals surface area contributed by atoms with E-state index in [9.17, 15) is 22.8 Å². The first-order chi connectivity index (χ1) is 13.1. The molecule has 3 unspecified atom stereocenters. The van der Waals surface area contributed by atoms with Gasteiger partial charge in [0, 0.05) is 26.2 Å². The van der Waals surface area contributed by atoms with Gasteiger partial charge in [-0.1, -0.05) is 6.07 Å². The van der Waals surface area contributed by atoms with Crippen molar-refractivity contribution in [3.8, 4) is 0 Å². The van der Waals surface area contributed by atoms with Gasteiger partial charge in [-0.05, 0) is 25.3 Å². The van der Waals surface area contributed by atoms with Crippen LogP contribution in [0.5, 0.6) is 0 Å². The largest absolute Gasteiger partial charge is 0.433 e. The summed E-state index contributed by atoms with van der Waals surface area (Å²) in [6.45, 7) is 0.0237. The summed E-state index contributed by atoms with van der Waals surface area (Å²) in [6, 6.07) is 1.13. The lowest BCUT2D eigenvalue weighted by Gasteiger charge is -2.33. The lowest BCUT2D eigenvalue weighted by molar-refractivity contribution is -0.141. The summed E-state index contributed by atoms with van der Waals surface area (Å²) in [7, 11) is 3.17. The maximum atomic E-state index is 12.9. The van der Waals surface area contributed by atoms with Crippen LogP contribution in [0.4, 0.5) is 28.6 Å². The molecule has 8 nitrogen and oxygen atoms in total. The third kappa shape index (κ3) is 4.39. The minimum atomic E-state index is -4.54. The number of carbonyl (C=O) groups excluding carboxylic acids is 2. The van der Waals surface area contributed by atoms with Crippen molar-refractivity contribution in [1.29, 1.82) is 0 Å². The molecule has 0 aromatic carbocycles. The molecule has 3 rings (SSSR count). The van der Waals surface area contributed by atoms with E-state index in [0.717, 1.165) is 25.3 Å². The third-order valence-corrected chi connectivity index (χ3v) is 4.94. The van der Waals surface area contributed by atoms with Gasteiger partial charge in [0.25, 0.3) is 0 Å². The molecule has 154 valence electrons. The van der Waals surface area contributed by atoms with Crippen LogP contribution >= 0.6 is 0 Å². The number of nitrogens with one attached hydrogen (secondary N) is 4. The average Bonchev–Trinajstić information content (AvgIpc) is 3.00. The SMILES string of the molecule is CN(C)c1nc(C(F)(F)F)ccc1CNC(=O)NC1CCCC2NC(=O)NC12. The second-order valence-electron chi connectivity index (χ2n) is 7.19. The van der Waals surface area contributed by atoms with E-state index in [1.54, 1.807) is 14.1 Å². The van der Waals surface area contributed by atoms with Crippen molar-refractivity contribution in [1.82, 2.24) is 26.3 Å². The van der Waals surface area contributed by atoms with E-state index in [1.165, 1.54) is 11.0 Å². The highest BCUT2D eigenvalue weighted by Gasteiger charge is 2.40. The van der Waals surface area contributed by atoms with Gasteiger partial charge in [-0.3, -0.25) is 0 Å². The number of amides is 4. The van der Waals surface area contributed by atoms with E-state index >= 15 is 0 Å². The Balaban J connectivity index is 1.62. The van der Waals surface area contributed by atoms with Gasteiger partial charge in [0.1, 0.15) is 11.5 Å². The predicted octanol–water partition coefficient (Wildman–Crippen LogP) is 1.57. The Bertz CT molecular complexity index is 755. The number of rotatable bonds is 4. The zero-order valence-corrected chi connectivity index (χ0v) is 15.6. The van der Waals surface area contributed by atoms with Gasteiger partial charge in [-0.25, -0.2) is 14.6 Å². The molecule has 4 N–H and O–H groups in total. The molecular formula is C17H23F3N6O2. The first-order valence-electron chi connectivity index (χ1n) is 9.01. The number of hydrogen-bond acceptors (Lipinski definition) is 4. The molecule has 2 aliphatic rings. The molecule has 3 atom stereocenters. The summed E-state index contributed by atoms with van der Waals surface area (Å²) < 4.78 is 38.6. The summed E-state index contributed by atoms with van der Waals surface area (Å²) in [4.78, 5) is 28.9. The molecule has 0 bridgehead atoms. The van der Waals surface area contributed by atoms with Gasteiger partial charge in [0.2, 0.25) is 0 Å².